The lowest BCUT2D eigenvalue weighted by atomic mass is 10.0. The van der Waals surface area contributed by atoms with Crippen LogP contribution in [0.4, 0.5) is 0 Å². The Balaban J connectivity index is 1.62. The average molecular weight is 452 g/mol. The van der Waals surface area contributed by atoms with Gasteiger partial charge in [-0.05, 0) is 25.1 Å². The van der Waals surface area contributed by atoms with Crippen LogP contribution in [0.3, 0.4) is 0 Å². The maximum atomic E-state index is 12.9. The van der Waals surface area contributed by atoms with Crippen LogP contribution in [0.1, 0.15) is 6.92 Å². The van der Waals surface area contributed by atoms with Gasteiger partial charge in [-0.3, -0.25) is 19.6 Å². The molecule has 9 nitrogen and oxygen atoms in total. The molecule has 0 saturated carbocycles. The zero-order chi connectivity index (χ0) is 23.2. The van der Waals surface area contributed by atoms with Crippen molar-refractivity contribution in [2.45, 2.75) is 6.92 Å². The van der Waals surface area contributed by atoms with E-state index < -0.39 is 0 Å². The number of pyridine rings is 2. The van der Waals surface area contributed by atoms with Gasteiger partial charge in [-0.2, -0.15) is 5.10 Å². The minimum atomic E-state index is -0.306. The maximum absolute atomic E-state index is 12.9. The molecule has 0 amide bonds. The van der Waals surface area contributed by atoms with Crippen LogP contribution in [-0.2, 0) is 0 Å². The lowest BCUT2D eigenvalue weighted by Gasteiger charge is -2.14. The SMILES string of the molecule is CCOc1ccnc2[nH]c(=O)n(-c3ccc4ncc(-c5cccc6cn[nH]c56)c(OC)c4c3)c12. The van der Waals surface area contributed by atoms with Gasteiger partial charge in [0.05, 0.1) is 36.6 Å². The number of hydrogen-bond donors (Lipinski definition) is 2. The fourth-order valence-electron chi connectivity index (χ4n) is 4.42. The topological polar surface area (TPSA) is 111 Å². The van der Waals surface area contributed by atoms with Crippen molar-refractivity contribution >= 4 is 33.0 Å². The van der Waals surface area contributed by atoms with Crippen molar-refractivity contribution in [1.82, 2.24) is 29.7 Å². The first-order chi connectivity index (χ1) is 16.7. The Morgan fingerprint density at radius 1 is 1.06 bits per heavy atom. The van der Waals surface area contributed by atoms with E-state index in [0.29, 0.717) is 35.0 Å². The van der Waals surface area contributed by atoms with Crippen LogP contribution in [0.5, 0.6) is 11.5 Å². The molecule has 34 heavy (non-hydrogen) atoms. The number of fused-ring (bicyclic) bond motifs is 3. The summed E-state index contributed by atoms with van der Waals surface area (Å²) in [6.45, 7) is 2.37. The average Bonchev–Trinajstić information content (AvgIpc) is 3.47. The molecule has 0 atom stereocenters. The van der Waals surface area contributed by atoms with Gasteiger partial charge in [0.2, 0.25) is 0 Å². The van der Waals surface area contributed by atoms with Crippen molar-refractivity contribution in [2.24, 2.45) is 0 Å². The van der Waals surface area contributed by atoms with Gasteiger partial charge in [0.15, 0.2) is 5.65 Å². The van der Waals surface area contributed by atoms with Crippen molar-refractivity contribution < 1.29 is 9.47 Å². The number of H-pyrrole nitrogens is 2. The summed E-state index contributed by atoms with van der Waals surface area (Å²) in [4.78, 5) is 24.7. The molecule has 2 aromatic carbocycles. The quantitative estimate of drug-likeness (QED) is 0.405. The van der Waals surface area contributed by atoms with E-state index in [1.807, 2.05) is 43.3 Å². The number of ether oxygens (including phenoxy) is 2. The summed E-state index contributed by atoms with van der Waals surface area (Å²) in [6.07, 6.45) is 5.19. The molecule has 0 spiro atoms. The molecule has 0 radical (unpaired) electrons. The molecule has 6 rings (SSSR count). The highest BCUT2D eigenvalue weighted by atomic mass is 16.5. The monoisotopic (exact) mass is 452 g/mol. The molecule has 0 saturated heterocycles. The number of nitrogens with zero attached hydrogens (tertiary/aromatic N) is 4. The predicted octanol–water partition coefficient (Wildman–Crippen LogP) is 4.21. The molecule has 4 heterocycles. The Kier molecular flexibility index (Phi) is 4.54. The van der Waals surface area contributed by atoms with Gasteiger partial charge in [-0.25, -0.2) is 9.78 Å². The van der Waals surface area contributed by atoms with Crippen LogP contribution >= 0.6 is 0 Å². The van der Waals surface area contributed by atoms with E-state index in [0.717, 1.165) is 32.9 Å². The Hall–Kier alpha value is -4.66. The van der Waals surface area contributed by atoms with Gasteiger partial charge in [0, 0.05) is 40.4 Å². The van der Waals surface area contributed by atoms with Gasteiger partial charge < -0.3 is 9.47 Å². The number of para-hydroxylation sites is 1. The molecule has 4 aromatic heterocycles. The standard InChI is InChI=1S/C25H20N6O3/c1-3-34-20-9-10-26-24-22(20)31(25(32)29-24)15-7-8-19-17(11-15)23(33-2)18(13-27-19)16-6-4-5-14-12-28-30-21(14)16/h4-13H,3H2,1-2H3,(H,28,30)(H,26,29,32). The number of aromatic nitrogens is 6. The van der Waals surface area contributed by atoms with E-state index in [2.05, 4.69) is 25.1 Å². The summed E-state index contributed by atoms with van der Waals surface area (Å²) < 4.78 is 13.2. The van der Waals surface area contributed by atoms with Crippen molar-refractivity contribution in [3.8, 4) is 28.3 Å². The number of methoxy groups -OCH3 is 1. The first kappa shape index (κ1) is 20.0. The number of hydrogen-bond acceptors (Lipinski definition) is 6. The van der Waals surface area contributed by atoms with Crippen LogP contribution in [0.25, 0.3) is 49.8 Å². The molecule has 0 bridgehead atoms. The second-order valence-corrected chi connectivity index (χ2v) is 7.75. The summed E-state index contributed by atoms with van der Waals surface area (Å²) in [5.74, 6) is 1.24. The van der Waals surface area contributed by atoms with Crippen molar-refractivity contribution in [3.05, 3.63) is 71.5 Å². The Morgan fingerprint density at radius 2 is 1.97 bits per heavy atom. The third-order valence-corrected chi connectivity index (χ3v) is 5.87. The summed E-state index contributed by atoms with van der Waals surface area (Å²) in [6, 6.07) is 13.3. The molecule has 0 fully saturated rings. The normalized spacial score (nSPS) is 11.5. The minimum Gasteiger partial charge on any atom is -0.495 e. The molecular weight excluding hydrogens is 432 g/mol. The van der Waals surface area contributed by atoms with Gasteiger partial charge in [0.25, 0.3) is 0 Å². The predicted molar refractivity (Wildman–Crippen MR) is 130 cm³/mol. The first-order valence-corrected chi connectivity index (χ1v) is 10.8. The summed E-state index contributed by atoms with van der Waals surface area (Å²) in [7, 11) is 1.63. The first-order valence-electron chi connectivity index (χ1n) is 10.8. The van der Waals surface area contributed by atoms with Gasteiger partial charge in [0.1, 0.15) is 17.0 Å². The second kappa shape index (κ2) is 7.73. The van der Waals surface area contributed by atoms with Crippen molar-refractivity contribution in [1.29, 1.82) is 0 Å². The molecule has 0 aliphatic heterocycles. The number of benzene rings is 2. The van der Waals surface area contributed by atoms with Gasteiger partial charge in [-0.15, -0.1) is 0 Å². The van der Waals surface area contributed by atoms with Crippen LogP contribution in [0, 0.1) is 0 Å². The number of aromatic amines is 2. The fraction of sp³-hybridized carbons (Fsp3) is 0.120. The summed E-state index contributed by atoms with van der Waals surface area (Å²) in [5, 5.41) is 9.00. The Morgan fingerprint density at radius 3 is 2.82 bits per heavy atom. The van der Waals surface area contributed by atoms with Gasteiger partial charge >= 0.3 is 5.69 Å². The highest BCUT2D eigenvalue weighted by Crippen LogP contribution is 2.39. The number of rotatable bonds is 5. The zero-order valence-corrected chi connectivity index (χ0v) is 18.5. The van der Waals surface area contributed by atoms with E-state index in [1.54, 1.807) is 36.3 Å². The van der Waals surface area contributed by atoms with Crippen LogP contribution in [-0.4, -0.2) is 43.4 Å². The van der Waals surface area contributed by atoms with Crippen molar-refractivity contribution in [3.63, 3.8) is 0 Å². The molecule has 0 aliphatic carbocycles. The summed E-state index contributed by atoms with van der Waals surface area (Å²) in [5.41, 5.74) is 4.79. The van der Waals surface area contributed by atoms with Crippen LogP contribution in [0.2, 0.25) is 0 Å². The lowest BCUT2D eigenvalue weighted by molar-refractivity contribution is 0.343. The molecule has 6 aromatic rings. The minimum absolute atomic E-state index is 0.306. The Labute approximate surface area is 193 Å². The highest BCUT2D eigenvalue weighted by molar-refractivity contribution is 6.00. The third kappa shape index (κ3) is 2.94. The molecule has 168 valence electrons. The van der Waals surface area contributed by atoms with E-state index in [-0.39, 0.29) is 5.69 Å². The largest absolute Gasteiger partial charge is 0.495 e. The maximum Gasteiger partial charge on any atom is 0.332 e. The van der Waals surface area contributed by atoms with E-state index in [1.165, 1.54) is 0 Å². The zero-order valence-electron chi connectivity index (χ0n) is 18.5. The van der Waals surface area contributed by atoms with E-state index in [4.69, 9.17) is 9.47 Å². The van der Waals surface area contributed by atoms with E-state index >= 15 is 0 Å². The molecular formula is C25H20N6O3. The molecule has 0 aliphatic rings. The van der Waals surface area contributed by atoms with E-state index in [9.17, 15) is 4.79 Å². The lowest BCUT2D eigenvalue weighted by Crippen LogP contribution is -2.15. The second-order valence-electron chi connectivity index (χ2n) is 7.75. The Bertz CT molecular complexity index is 1750. The van der Waals surface area contributed by atoms with Crippen LogP contribution < -0.4 is 15.2 Å². The number of nitrogens with one attached hydrogen (secondary N) is 2. The number of imidazole rings is 1. The smallest absolute Gasteiger partial charge is 0.332 e. The summed E-state index contributed by atoms with van der Waals surface area (Å²) >= 11 is 0. The third-order valence-electron chi connectivity index (χ3n) is 5.87. The molecule has 2 N–H and O–H groups in total. The molecule has 9 heteroatoms. The van der Waals surface area contributed by atoms with Crippen LogP contribution in [0.15, 0.2) is 65.8 Å². The van der Waals surface area contributed by atoms with Crippen molar-refractivity contribution in [2.75, 3.05) is 13.7 Å². The molecule has 0 unspecified atom stereocenters. The van der Waals surface area contributed by atoms with Gasteiger partial charge in [-0.1, -0.05) is 18.2 Å². The fourth-order valence-corrected chi connectivity index (χ4v) is 4.42. The highest BCUT2D eigenvalue weighted by Gasteiger charge is 2.18.